The van der Waals surface area contributed by atoms with E-state index in [1.165, 1.54) is 15.4 Å². The Morgan fingerprint density at radius 2 is 2.17 bits per heavy atom. The van der Waals surface area contributed by atoms with E-state index in [0.29, 0.717) is 38.9 Å². The van der Waals surface area contributed by atoms with Gasteiger partial charge >= 0.3 is 0 Å². The van der Waals surface area contributed by atoms with Crippen molar-refractivity contribution in [2.75, 3.05) is 19.0 Å². The molecule has 1 aliphatic heterocycles. The molecular formula is C24H24ClN7O3. The molecule has 1 aromatic carbocycles. The van der Waals surface area contributed by atoms with E-state index in [4.69, 9.17) is 16.3 Å². The number of hydrogen-bond acceptors (Lipinski definition) is 6. The largest absolute Gasteiger partial charge is 0.496 e. The summed E-state index contributed by atoms with van der Waals surface area (Å²) in [5.74, 6) is 0.110. The average Bonchev–Trinajstić information content (AvgIpc) is 3.57. The number of halogens is 1. The lowest BCUT2D eigenvalue weighted by molar-refractivity contribution is -0.132. The molecule has 0 unspecified atom stereocenters. The molecule has 0 aliphatic carbocycles. The summed E-state index contributed by atoms with van der Waals surface area (Å²) in [5.41, 5.74) is 2.17. The molecule has 11 heteroatoms. The lowest BCUT2D eigenvalue weighted by Gasteiger charge is -2.21. The van der Waals surface area contributed by atoms with Gasteiger partial charge in [0, 0.05) is 41.8 Å². The number of benzene rings is 1. The summed E-state index contributed by atoms with van der Waals surface area (Å²) in [5, 5.41) is 12.2. The van der Waals surface area contributed by atoms with Crippen LogP contribution in [-0.4, -0.2) is 60.8 Å². The monoisotopic (exact) mass is 493 g/mol. The predicted molar refractivity (Wildman–Crippen MR) is 131 cm³/mol. The van der Waals surface area contributed by atoms with Crippen LogP contribution in [0.5, 0.6) is 5.75 Å². The number of likely N-dealkylation sites (tertiary alicyclic amines) is 1. The molecule has 1 atom stereocenters. The van der Waals surface area contributed by atoms with E-state index in [-0.39, 0.29) is 18.5 Å². The maximum Gasteiger partial charge on any atom is 0.261 e. The third kappa shape index (κ3) is 4.44. The lowest BCUT2D eigenvalue weighted by Crippen LogP contribution is -2.36. The summed E-state index contributed by atoms with van der Waals surface area (Å²) >= 11 is 6.26. The minimum atomic E-state index is -0.403. The van der Waals surface area contributed by atoms with Gasteiger partial charge in [-0.3, -0.25) is 14.3 Å². The minimum Gasteiger partial charge on any atom is -0.496 e. The predicted octanol–water partition coefficient (Wildman–Crippen LogP) is 3.52. The number of carbonyl (C=O) groups excluding carboxylic acids is 2. The summed E-state index contributed by atoms with van der Waals surface area (Å²) in [6, 6.07) is 7.08. The van der Waals surface area contributed by atoms with Crippen LogP contribution in [0, 0.1) is 0 Å². The molecule has 0 saturated carbocycles. The maximum atomic E-state index is 13.2. The summed E-state index contributed by atoms with van der Waals surface area (Å²) in [4.78, 5) is 32.2. The third-order valence-electron chi connectivity index (χ3n) is 6.12. The van der Waals surface area contributed by atoms with Crippen molar-refractivity contribution in [2.45, 2.75) is 32.4 Å². The SMILES string of the molecule is COc1ccc(Cl)cc1-c1nn(CC(=O)N2CCC[C@H]2C)cc1NC(=O)c1cnn2cccnc12. The van der Waals surface area contributed by atoms with Crippen LogP contribution < -0.4 is 10.1 Å². The number of aromatic nitrogens is 5. The average molecular weight is 494 g/mol. The van der Waals surface area contributed by atoms with E-state index in [0.717, 1.165) is 19.4 Å². The van der Waals surface area contributed by atoms with Gasteiger partial charge in [0.25, 0.3) is 5.91 Å². The number of hydrogen-bond donors (Lipinski definition) is 1. The first kappa shape index (κ1) is 22.9. The van der Waals surface area contributed by atoms with E-state index in [1.54, 1.807) is 50.0 Å². The van der Waals surface area contributed by atoms with E-state index in [9.17, 15) is 9.59 Å². The van der Waals surface area contributed by atoms with Gasteiger partial charge < -0.3 is 15.0 Å². The van der Waals surface area contributed by atoms with Gasteiger partial charge in [-0.05, 0) is 44.0 Å². The van der Waals surface area contributed by atoms with E-state index in [1.807, 2.05) is 11.8 Å². The number of nitrogens with one attached hydrogen (secondary N) is 1. The molecule has 35 heavy (non-hydrogen) atoms. The minimum absolute atomic E-state index is 0.0215. The molecule has 2 amide bonds. The van der Waals surface area contributed by atoms with E-state index < -0.39 is 5.91 Å². The number of nitrogens with zero attached hydrogens (tertiary/aromatic N) is 6. The normalized spacial score (nSPS) is 15.5. The fourth-order valence-corrected chi connectivity index (χ4v) is 4.54. The van der Waals surface area contributed by atoms with Crippen molar-refractivity contribution in [1.82, 2.24) is 29.3 Å². The molecule has 1 fully saturated rings. The topological polar surface area (TPSA) is 107 Å². The van der Waals surface area contributed by atoms with Gasteiger partial charge in [0.15, 0.2) is 5.65 Å². The van der Waals surface area contributed by atoms with Crippen LogP contribution >= 0.6 is 11.6 Å². The van der Waals surface area contributed by atoms with Gasteiger partial charge in [-0.2, -0.15) is 10.2 Å². The molecule has 4 heterocycles. The second kappa shape index (κ2) is 9.38. The zero-order valence-corrected chi connectivity index (χ0v) is 20.1. The Kier molecular flexibility index (Phi) is 6.12. The highest BCUT2D eigenvalue weighted by atomic mass is 35.5. The van der Waals surface area contributed by atoms with Crippen LogP contribution in [0.25, 0.3) is 16.9 Å². The Labute approximate surface area is 206 Å². The number of anilines is 1. The Hall–Kier alpha value is -3.92. The highest BCUT2D eigenvalue weighted by Crippen LogP contribution is 2.36. The molecule has 4 aromatic rings. The number of methoxy groups -OCH3 is 1. The standard InChI is InChI=1S/C24H24ClN7O3/c1-15-5-3-9-31(15)21(33)14-30-13-19(22(29-30)17-11-16(25)6-7-20(17)35-2)28-24(34)18-12-27-32-10-4-8-26-23(18)32/h4,6-8,10-13,15H,3,5,9,14H2,1-2H3,(H,28,34)/t15-/m1/s1. The third-order valence-corrected chi connectivity index (χ3v) is 6.36. The fourth-order valence-electron chi connectivity index (χ4n) is 4.37. The van der Waals surface area contributed by atoms with Crippen LogP contribution in [0.3, 0.4) is 0 Å². The van der Waals surface area contributed by atoms with Gasteiger partial charge in [-0.1, -0.05) is 11.6 Å². The molecule has 0 spiro atoms. The second-order valence-corrected chi connectivity index (χ2v) is 8.85. The highest BCUT2D eigenvalue weighted by molar-refractivity contribution is 6.31. The van der Waals surface area contributed by atoms with Crippen LogP contribution in [0.2, 0.25) is 5.02 Å². The van der Waals surface area contributed by atoms with Crippen molar-refractivity contribution in [3.05, 3.63) is 59.6 Å². The Morgan fingerprint density at radius 3 is 2.94 bits per heavy atom. The molecule has 1 aliphatic rings. The lowest BCUT2D eigenvalue weighted by atomic mass is 10.1. The maximum absolute atomic E-state index is 13.2. The van der Waals surface area contributed by atoms with Gasteiger partial charge in [0.05, 0.1) is 19.0 Å². The number of fused-ring (bicyclic) bond motifs is 1. The van der Waals surface area contributed by atoms with Gasteiger partial charge in [0.1, 0.15) is 23.6 Å². The summed E-state index contributed by atoms with van der Waals surface area (Å²) in [6.07, 6.45) is 8.39. The molecule has 3 aromatic heterocycles. The van der Waals surface area contributed by atoms with Crippen LogP contribution in [0.4, 0.5) is 5.69 Å². The van der Waals surface area contributed by atoms with Crippen molar-refractivity contribution in [3.8, 4) is 17.0 Å². The van der Waals surface area contributed by atoms with E-state index >= 15 is 0 Å². The number of ether oxygens (including phenoxy) is 1. The number of carbonyl (C=O) groups is 2. The van der Waals surface area contributed by atoms with Gasteiger partial charge in [-0.25, -0.2) is 9.50 Å². The molecule has 0 radical (unpaired) electrons. The zero-order chi connectivity index (χ0) is 24.5. The van der Waals surface area contributed by atoms with Crippen molar-refractivity contribution in [3.63, 3.8) is 0 Å². The van der Waals surface area contributed by atoms with Crippen molar-refractivity contribution >= 4 is 34.7 Å². The molecule has 1 saturated heterocycles. The first-order valence-corrected chi connectivity index (χ1v) is 11.6. The smallest absolute Gasteiger partial charge is 0.261 e. The van der Waals surface area contributed by atoms with Crippen molar-refractivity contribution < 1.29 is 14.3 Å². The summed E-state index contributed by atoms with van der Waals surface area (Å²) in [6.45, 7) is 2.84. The number of rotatable bonds is 6. The summed E-state index contributed by atoms with van der Waals surface area (Å²) < 4.78 is 8.57. The molecule has 5 rings (SSSR count). The Morgan fingerprint density at radius 1 is 1.31 bits per heavy atom. The van der Waals surface area contributed by atoms with Gasteiger partial charge in [0.2, 0.25) is 5.91 Å². The molecule has 0 bridgehead atoms. The molecule has 10 nitrogen and oxygen atoms in total. The first-order chi connectivity index (χ1) is 16.9. The summed E-state index contributed by atoms with van der Waals surface area (Å²) in [7, 11) is 1.55. The number of amides is 2. The molecular weight excluding hydrogens is 470 g/mol. The van der Waals surface area contributed by atoms with Crippen LogP contribution in [-0.2, 0) is 11.3 Å². The Bertz CT molecular complexity index is 1410. The Balaban J connectivity index is 1.51. The van der Waals surface area contributed by atoms with Crippen LogP contribution in [0.1, 0.15) is 30.1 Å². The molecule has 1 N–H and O–H groups in total. The highest BCUT2D eigenvalue weighted by Gasteiger charge is 2.26. The first-order valence-electron chi connectivity index (χ1n) is 11.2. The van der Waals surface area contributed by atoms with E-state index in [2.05, 4.69) is 20.5 Å². The van der Waals surface area contributed by atoms with Crippen molar-refractivity contribution in [1.29, 1.82) is 0 Å². The van der Waals surface area contributed by atoms with Crippen molar-refractivity contribution in [2.24, 2.45) is 0 Å². The van der Waals surface area contributed by atoms with Gasteiger partial charge in [-0.15, -0.1) is 0 Å². The quantitative estimate of drug-likeness (QED) is 0.440. The molecule has 180 valence electrons. The van der Waals surface area contributed by atoms with Crippen LogP contribution in [0.15, 0.2) is 49.1 Å². The zero-order valence-electron chi connectivity index (χ0n) is 19.3. The second-order valence-electron chi connectivity index (χ2n) is 8.41. The fraction of sp³-hybridized carbons (Fsp3) is 0.292.